The molecule has 6 rings (SSSR count). The Balaban J connectivity index is 1.09. The van der Waals surface area contributed by atoms with E-state index in [0.29, 0.717) is 23.2 Å². The van der Waals surface area contributed by atoms with Crippen LogP contribution in [-0.4, -0.2) is 57.7 Å². The number of anilines is 1. The van der Waals surface area contributed by atoms with Crippen LogP contribution in [0.3, 0.4) is 0 Å². The average molecular weight is 484 g/mol. The summed E-state index contributed by atoms with van der Waals surface area (Å²) in [6.45, 7) is 5.82. The normalized spacial score (nSPS) is 20.7. The molecule has 1 amide bonds. The fourth-order valence-corrected chi connectivity index (χ4v) is 5.37. The van der Waals surface area contributed by atoms with Crippen molar-refractivity contribution in [1.29, 1.82) is 0 Å². The number of ether oxygens (including phenoxy) is 1. The molecule has 7 nitrogen and oxygen atoms in total. The van der Waals surface area contributed by atoms with E-state index in [-0.39, 0.29) is 5.91 Å². The first-order valence-electron chi connectivity index (χ1n) is 13.1. The molecule has 0 aromatic carbocycles. The summed E-state index contributed by atoms with van der Waals surface area (Å²) >= 11 is 0. The number of carbonyl (C=O) groups excluding carboxylic acids is 1. The number of pyridine rings is 2. The number of hydrogen-bond donors (Lipinski definition) is 1. The number of aromatic nitrogens is 3. The summed E-state index contributed by atoms with van der Waals surface area (Å²) in [5, 5.41) is 3.00. The van der Waals surface area contributed by atoms with Crippen LogP contribution >= 0.6 is 0 Å². The Bertz CT molecular complexity index is 1270. The molecule has 0 spiro atoms. The highest BCUT2D eigenvalue weighted by molar-refractivity contribution is 6.04. The number of hydrogen-bond acceptors (Lipinski definition) is 5. The molecule has 1 unspecified atom stereocenters. The summed E-state index contributed by atoms with van der Waals surface area (Å²) in [6.07, 6.45) is 15.5. The maximum Gasteiger partial charge on any atom is 0.257 e. The fourth-order valence-electron chi connectivity index (χ4n) is 5.37. The molecule has 3 aliphatic rings. The number of morpholine rings is 1. The van der Waals surface area contributed by atoms with Crippen molar-refractivity contribution in [3.8, 4) is 5.82 Å². The first kappa shape index (κ1) is 23.1. The lowest BCUT2D eigenvalue weighted by Gasteiger charge is -2.36. The number of allylic oxidation sites excluding steroid dienone is 1. The molecule has 0 bridgehead atoms. The van der Waals surface area contributed by atoms with Gasteiger partial charge in [0.1, 0.15) is 5.82 Å². The smallest absolute Gasteiger partial charge is 0.257 e. The van der Waals surface area contributed by atoms with Crippen molar-refractivity contribution in [3.63, 3.8) is 0 Å². The molecule has 2 fully saturated rings. The summed E-state index contributed by atoms with van der Waals surface area (Å²) in [5.74, 6) is 1.35. The predicted octanol–water partition coefficient (Wildman–Crippen LogP) is 4.97. The topological polar surface area (TPSA) is 72.3 Å². The zero-order chi connectivity index (χ0) is 24.5. The number of amides is 1. The number of aryl methyl sites for hydroxylation is 1. The maximum absolute atomic E-state index is 12.9. The first-order valence-corrected chi connectivity index (χ1v) is 13.1. The third kappa shape index (κ3) is 4.99. The predicted molar refractivity (Wildman–Crippen MR) is 140 cm³/mol. The average Bonchev–Trinajstić information content (AvgIpc) is 3.65. The number of nitrogens with zero attached hydrogens (tertiary/aromatic N) is 4. The maximum atomic E-state index is 12.9. The highest BCUT2D eigenvalue weighted by Gasteiger charge is 2.25. The SMILES string of the molecule is Cc1cc(NC(=O)c2ccn(-c3ccc(C4CC4)cn3)c2)cnc1C1=CCC(N2CCOCC2)CC1. The van der Waals surface area contributed by atoms with Gasteiger partial charge in [0, 0.05) is 37.7 Å². The Kier molecular flexibility index (Phi) is 6.42. The van der Waals surface area contributed by atoms with Gasteiger partial charge in [-0.05, 0) is 79.8 Å². The molecular weight excluding hydrogens is 450 g/mol. The summed E-state index contributed by atoms with van der Waals surface area (Å²) in [6, 6.07) is 8.60. The second-order valence-corrected chi connectivity index (χ2v) is 10.2. The van der Waals surface area contributed by atoms with Crippen LogP contribution in [0.5, 0.6) is 0 Å². The van der Waals surface area contributed by atoms with Gasteiger partial charge in [0.15, 0.2) is 0 Å². The zero-order valence-corrected chi connectivity index (χ0v) is 20.8. The van der Waals surface area contributed by atoms with Crippen LogP contribution in [0.1, 0.15) is 65.2 Å². The van der Waals surface area contributed by atoms with Gasteiger partial charge in [-0.3, -0.25) is 14.7 Å². The lowest BCUT2D eigenvalue weighted by Crippen LogP contribution is -2.43. The van der Waals surface area contributed by atoms with Gasteiger partial charge < -0.3 is 14.6 Å². The molecule has 1 N–H and O–H groups in total. The van der Waals surface area contributed by atoms with Crippen molar-refractivity contribution in [2.75, 3.05) is 31.6 Å². The Labute approximate surface area is 212 Å². The van der Waals surface area contributed by atoms with Crippen LogP contribution in [0.4, 0.5) is 5.69 Å². The van der Waals surface area contributed by atoms with Crippen molar-refractivity contribution in [1.82, 2.24) is 19.4 Å². The number of rotatable bonds is 6. The third-order valence-electron chi connectivity index (χ3n) is 7.62. The Hall–Kier alpha value is -3.29. The molecule has 2 aliphatic carbocycles. The van der Waals surface area contributed by atoms with Crippen LogP contribution in [0.2, 0.25) is 0 Å². The van der Waals surface area contributed by atoms with Gasteiger partial charge in [-0.25, -0.2) is 4.98 Å². The van der Waals surface area contributed by atoms with Gasteiger partial charge in [-0.2, -0.15) is 0 Å². The van der Waals surface area contributed by atoms with E-state index in [4.69, 9.17) is 9.72 Å². The largest absolute Gasteiger partial charge is 0.379 e. The third-order valence-corrected chi connectivity index (χ3v) is 7.62. The van der Waals surface area contributed by atoms with Crippen molar-refractivity contribution in [2.24, 2.45) is 0 Å². The molecule has 0 radical (unpaired) electrons. The monoisotopic (exact) mass is 483 g/mol. The molecule has 1 saturated heterocycles. The van der Waals surface area contributed by atoms with E-state index in [0.717, 1.165) is 62.6 Å². The van der Waals surface area contributed by atoms with Crippen LogP contribution in [-0.2, 0) is 4.74 Å². The van der Waals surface area contributed by atoms with Crippen molar-refractivity contribution in [3.05, 3.63) is 77.5 Å². The zero-order valence-electron chi connectivity index (χ0n) is 20.8. The molecule has 186 valence electrons. The molecule has 1 aliphatic heterocycles. The van der Waals surface area contributed by atoms with Crippen LogP contribution in [0, 0.1) is 6.92 Å². The standard InChI is InChI=1S/C29H33N5O2/c1-20-16-25(18-31-28(20)22-4-7-26(8-5-22)33-12-14-36-15-13-33)32-29(35)24-10-11-34(19-24)27-9-6-23(17-30-27)21-2-3-21/h4,6,9-11,16-19,21,26H,2-3,5,7-8,12-15H2,1H3,(H,32,35). The Morgan fingerprint density at radius 3 is 2.64 bits per heavy atom. The molecule has 3 aromatic rings. The van der Waals surface area contributed by atoms with Gasteiger partial charge in [0.2, 0.25) is 0 Å². The minimum Gasteiger partial charge on any atom is -0.379 e. The van der Waals surface area contributed by atoms with Crippen LogP contribution in [0.15, 0.2) is 55.1 Å². The molecular formula is C29H33N5O2. The van der Waals surface area contributed by atoms with E-state index in [1.807, 2.05) is 41.4 Å². The highest BCUT2D eigenvalue weighted by Crippen LogP contribution is 2.39. The van der Waals surface area contributed by atoms with Crippen molar-refractivity contribution >= 4 is 17.2 Å². The summed E-state index contributed by atoms with van der Waals surface area (Å²) < 4.78 is 7.38. The first-order chi connectivity index (χ1) is 17.6. The molecule has 1 atom stereocenters. The van der Waals surface area contributed by atoms with Crippen LogP contribution < -0.4 is 5.32 Å². The number of nitrogens with one attached hydrogen (secondary N) is 1. The quantitative estimate of drug-likeness (QED) is 0.536. The molecule has 1 saturated carbocycles. The summed E-state index contributed by atoms with van der Waals surface area (Å²) in [7, 11) is 0. The van der Waals surface area contributed by atoms with Gasteiger partial charge in [-0.1, -0.05) is 12.1 Å². The molecule has 4 heterocycles. The Morgan fingerprint density at radius 1 is 1.08 bits per heavy atom. The van der Waals surface area contributed by atoms with E-state index in [1.54, 1.807) is 6.20 Å². The molecule has 7 heteroatoms. The molecule has 3 aromatic heterocycles. The minimum atomic E-state index is -0.150. The van der Waals surface area contributed by atoms with E-state index in [9.17, 15) is 4.79 Å². The van der Waals surface area contributed by atoms with Gasteiger partial charge in [0.25, 0.3) is 5.91 Å². The van der Waals surface area contributed by atoms with Gasteiger partial charge in [0.05, 0.1) is 36.4 Å². The van der Waals surface area contributed by atoms with E-state index < -0.39 is 0 Å². The second kappa shape index (κ2) is 9.99. The van der Waals surface area contributed by atoms with Gasteiger partial charge >= 0.3 is 0 Å². The second-order valence-electron chi connectivity index (χ2n) is 10.2. The summed E-state index contributed by atoms with van der Waals surface area (Å²) in [4.78, 5) is 24.8. The van der Waals surface area contributed by atoms with E-state index in [2.05, 4.69) is 34.3 Å². The van der Waals surface area contributed by atoms with Crippen molar-refractivity contribution < 1.29 is 9.53 Å². The van der Waals surface area contributed by atoms with Crippen LogP contribution in [0.25, 0.3) is 11.4 Å². The lowest BCUT2D eigenvalue weighted by atomic mass is 9.90. The van der Waals surface area contributed by atoms with E-state index in [1.165, 1.54) is 24.0 Å². The van der Waals surface area contributed by atoms with Crippen molar-refractivity contribution in [2.45, 2.75) is 51.0 Å². The highest BCUT2D eigenvalue weighted by atomic mass is 16.5. The number of carbonyl (C=O) groups is 1. The lowest BCUT2D eigenvalue weighted by molar-refractivity contribution is 0.0150. The van der Waals surface area contributed by atoms with Gasteiger partial charge in [-0.15, -0.1) is 0 Å². The summed E-state index contributed by atoms with van der Waals surface area (Å²) in [5.41, 5.74) is 6.04. The Morgan fingerprint density at radius 2 is 1.94 bits per heavy atom. The molecule has 36 heavy (non-hydrogen) atoms. The minimum absolute atomic E-state index is 0.150. The van der Waals surface area contributed by atoms with E-state index >= 15 is 0 Å². The fraction of sp³-hybridized carbons (Fsp3) is 0.414.